The molecule has 2 heterocycles. The second-order valence-corrected chi connectivity index (χ2v) is 6.11. The first-order valence-electron chi connectivity index (χ1n) is 5.56. The lowest BCUT2D eigenvalue weighted by Gasteiger charge is -2.08. The molecule has 7 heteroatoms. The Labute approximate surface area is 139 Å². The zero-order chi connectivity index (χ0) is 14.0. The summed E-state index contributed by atoms with van der Waals surface area (Å²) in [6.07, 6.45) is 3.32. The van der Waals surface area contributed by atoms with Gasteiger partial charge in [0.25, 0.3) is 0 Å². The molecule has 0 N–H and O–H groups in total. The van der Waals surface area contributed by atoms with Gasteiger partial charge in [0.05, 0.1) is 19.3 Å². The minimum Gasteiger partial charge on any atom is -0.250 e. The first-order valence-corrected chi connectivity index (χ1v) is 7.77. The minimum atomic E-state index is 0.409. The van der Waals surface area contributed by atoms with E-state index in [4.69, 9.17) is 34.8 Å². The van der Waals surface area contributed by atoms with Gasteiger partial charge in [-0.25, -0.2) is 15.0 Å². The summed E-state index contributed by atoms with van der Waals surface area (Å²) in [4.78, 5) is 12.9. The van der Waals surface area contributed by atoms with Gasteiger partial charge in [0, 0.05) is 6.20 Å². The third-order valence-electron chi connectivity index (χ3n) is 2.39. The minimum absolute atomic E-state index is 0.409. The van der Waals surface area contributed by atoms with E-state index >= 15 is 0 Å². The molecule has 0 aliphatic carbocycles. The van der Waals surface area contributed by atoms with E-state index in [1.54, 1.807) is 6.07 Å². The summed E-state index contributed by atoms with van der Waals surface area (Å²) in [7, 11) is 0. The average molecular weight is 428 g/mol. The molecular weight excluding hydrogens is 419 g/mol. The van der Waals surface area contributed by atoms with Crippen LogP contribution in [0, 0.1) is 3.57 Å². The van der Waals surface area contributed by atoms with Gasteiger partial charge in [-0.3, -0.25) is 0 Å². The fourth-order valence-corrected chi connectivity index (χ4v) is 2.72. The molecule has 0 radical (unpaired) electrons. The molecule has 0 aromatic carbocycles. The van der Waals surface area contributed by atoms with Crippen LogP contribution in [0.2, 0.25) is 15.2 Å². The van der Waals surface area contributed by atoms with Gasteiger partial charge in [0.15, 0.2) is 5.82 Å². The largest absolute Gasteiger partial charge is 0.250 e. The van der Waals surface area contributed by atoms with Gasteiger partial charge in [-0.2, -0.15) is 0 Å². The van der Waals surface area contributed by atoms with E-state index in [9.17, 15) is 0 Å². The SMILES string of the molecule is CCCc1nc(-c2ncc(Cl)cc2Cl)nc(Cl)c1I. The number of rotatable bonds is 3. The van der Waals surface area contributed by atoms with Crippen LogP contribution in [0.25, 0.3) is 11.5 Å². The highest BCUT2D eigenvalue weighted by molar-refractivity contribution is 14.1. The molecule has 0 aliphatic rings. The van der Waals surface area contributed by atoms with E-state index in [0.29, 0.717) is 26.7 Å². The van der Waals surface area contributed by atoms with Gasteiger partial charge in [0.1, 0.15) is 10.8 Å². The van der Waals surface area contributed by atoms with Crippen LogP contribution in [0.15, 0.2) is 12.3 Å². The van der Waals surface area contributed by atoms with Crippen LogP contribution in [0.4, 0.5) is 0 Å². The molecule has 2 aromatic rings. The zero-order valence-corrected chi connectivity index (χ0v) is 14.3. The molecule has 0 unspecified atom stereocenters. The molecule has 0 fully saturated rings. The smallest absolute Gasteiger partial charge is 0.181 e. The second-order valence-electron chi connectivity index (χ2n) is 3.83. The van der Waals surface area contributed by atoms with Crippen LogP contribution in [-0.4, -0.2) is 15.0 Å². The Kier molecular flexibility index (Phi) is 5.22. The van der Waals surface area contributed by atoms with Crippen molar-refractivity contribution in [3.8, 4) is 11.5 Å². The molecule has 0 spiro atoms. The van der Waals surface area contributed by atoms with Gasteiger partial charge in [-0.05, 0) is 35.1 Å². The molecule has 2 aromatic heterocycles. The van der Waals surface area contributed by atoms with Crippen molar-refractivity contribution in [3.63, 3.8) is 0 Å². The zero-order valence-electron chi connectivity index (χ0n) is 9.92. The Hall–Kier alpha value is -0.170. The van der Waals surface area contributed by atoms with Crippen molar-refractivity contribution in [2.24, 2.45) is 0 Å². The Morgan fingerprint density at radius 1 is 1.21 bits per heavy atom. The number of aryl methyl sites for hydroxylation is 1. The van der Waals surface area contributed by atoms with Crippen molar-refractivity contribution >= 4 is 57.4 Å². The Morgan fingerprint density at radius 3 is 2.58 bits per heavy atom. The maximum atomic E-state index is 6.13. The van der Waals surface area contributed by atoms with Crippen molar-refractivity contribution in [3.05, 3.63) is 36.7 Å². The molecule has 0 atom stereocenters. The highest BCUT2D eigenvalue weighted by Crippen LogP contribution is 2.29. The van der Waals surface area contributed by atoms with E-state index < -0.39 is 0 Å². The summed E-state index contributed by atoms with van der Waals surface area (Å²) in [5.41, 5.74) is 1.40. The van der Waals surface area contributed by atoms with Crippen LogP contribution < -0.4 is 0 Å². The summed E-state index contributed by atoms with van der Waals surface area (Å²) < 4.78 is 0.870. The van der Waals surface area contributed by atoms with Gasteiger partial charge < -0.3 is 0 Å². The van der Waals surface area contributed by atoms with Crippen LogP contribution in [0.3, 0.4) is 0 Å². The number of nitrogens with zero attached hydrogens (tertiary/aromatic N) is 3. The van der Waals surface area contributed by atoms with Crippen LogP contribution in [0.5, 0.6) is 0 Å². The normalized spacial score (nSPS) is 10.8. The van der Waals surface area contributed by atoms with E-state index in [2.05, 4.69) is 44.5 Å². The summed E-state index contributed by atoms with van der Waals surface area (Å²) in [6, 6.07) is 1.61. The predicted molar refractivity (Wildman–Crippen MR) is 87.0 cm³/mol. The molecule has 0 aliphatic heterocycles. The van der Waals surface area contributed by atoms with Crippen molar-refractivity contribution < 1.29 is 0 Å². The van der Waals surface area contributed by atoms with Gasteiger partial charge >= 0.3 is 0 Å². The maximum absolute atomic E-state index is 6.13. The van der Waals surface area contributed by atoms with E-state index in [1.165, 1.54) is 6.20 Å². The molecular formula is C12H9Cl3IN3. The van der Waals surface area contributed by atoms with Crippen molar-refractivity contribution in [1.29, 1.82) is 0 Å². The average Bonchev–Trinajstić information content (AvgIpc) is 2.35. The lowest BCUT2D eigenvalue weighted by atomic mass is 10.2. The molecule has 3 nitrogen and oxygen atoms in total. The van der Waals surface area contributed by atoms with Crippen LogP contribution in [-0.2, 0) is 6.42 Å². The topological polar surface area (TPSA) is 38.7 Å². The first kappa shape index (κ1) is 15.2. The lowest BCUT2D eigenvalue weighted by Crippen LogP contribution is -2.02. The van der Waals surface area contributed by atoms with Crippen molar-refractivity contribution in [2.45, 2.75) is 19.8 Å². The fraction of sp³-hybridized carbons (Fsp3) is 0.250. The quantitative estimate of drug-likeness (QED) is 0.507. The third-order valence-corrected chi connectivity index (χ3v) is 4.61. The third kappa shape index (κ3) is 3.48. The van der Waals surface area contributed by atoms with Crippen molar-refractivity contribution in [2.75, 3.05) is 0 Å². The first-order chi connectivity index (χ1) is 9.02. The van der Waals surface area contributed by atoms with Gasteiger partial charge in [-0.15, -0.1) is 0 Å². The molecule has 2 rings (SSSR count). The summed E-state index contributed by atoms with van der Waals surface area (Å²) in [6.45, 7) is 2.08. The monoisotopic (exact) mass is 427 g/mol. The fourth-order valence-electron chi connectivity index (χ4n) is 1.55. The number of halogens is 4. The highest BCUT2D eigenvalue weighted by atomic mass is 127. The Morgan fingerprint density at radius 2 is 1.95 bits per heavy atom. The van der Waals surface area contributed by atoms with Gasteiger partial charge in [0.2, 0.25) is 0 Å². The number of hydrogen-bond donors (Lipinski definition) is 0. The number of hydrogen-bond acceptors (Lipinski definition) is 3. The highest BCUT2D eigenvalue weighted by Gasteiger charge is 2.15. The van der Waals surface area contributed by atoms with Gasteiger partial charge in [-0.1, -0.05) is 48.1 Å². The van der Waals surface area contributed by atoms with E-state index in [0.717, 1.165) is 22.1 Å². The number of pyridine rings is 1. The Bertz CT molecular complexity index is 619. The van der Waals surface area contributed by atoms with Crippen molar-refractivity contribution in [1.82, 2.24) is 15.0 Å². The maximum Gasteiger partial charge on any atom is 0.181 e. The standard InChI is InChI=1S/C12H9Cl3IN3/c1-2-3-8-9(16)11(15)19-12(18-8)10-7(14)4-6(13)5-17-10/h4-5H,2-3H2,1H3. The van der Waals surface area contributed by atoms with Crippen LogP contribution >= 0.6 is 57.4 Å². The molecule has 0 amide bonds. The van der Waals surface area contributed by atoms with E-state index in [1.807, 2.05) is 0 Å². The molecule has 0 bridgehead atoms. The summed E-state index contributed by atoms with van der Waals surface area (Å²) in [5.74, 6) is 0.426. The molecule has 0 saturated heterocycles. The number of aromatic nitrogens is 3. The molecule has 19 heavy (non-hydrogen) atoms. The summed E-state index contributed by atoms with van der Waals surface area (Å²) >= 11 is 20.2. The second kappa shape index (κ2) is 6.52. The van der Waals surface area contributed by atoms with Crippen LogP contribution in [0.1, 0.15) is 19.0 Å². The van der Waals surface area contributed by atoms with E-state index in [-0.39, 0.29) is 0 Å². The Balaban J connectivity index is 2.56. The molecule has 0 saturated carbocycles. The lowest BCUT2D eigenvalue weighted by molar-refractivity contribution is 0.866. The summed E-state index contributed by atoms with van der Waals surface area (Å²) in [5, 5.41) is 1.30. The predicted octanol–water partition coefficient (Wildman–Crippen LogP) is 5.06. The molecule has 100 valence electrons.